The van der Waals surface area contributed by atoms with Crippen molar-refractivity contribution in [1.82, 2.24) is 0 Å². The minimum absolute atomic E-state index is 0.233. The van der Waals surface area contributed by atoms with Gasteiger partial charge in [-0.25, -0.2) is 0 Å². The highest BCUT2D eigenvalue weighted by Crippen LogP contribution is 2.15. The Labute approximate surface area is 151 Å². The Hall–Kier alpha value is -1.53. The van der Waals surface area contributed by atoms with Crippen molar-refractivity contribution in [2.45, 2.75) is 37.8 Å². The summed E-state index contributed by atoms with van der Waals surface area (Å²) in [6.07, 6.45) is 5.46. The van der Waals surface area contributed by atoms with Crippen LogP contribution in [0.15, 0.2) is 48.5 Å². The molecule has 0 bridgehead atoms. The Morgan fingerprint density at radius 2 is 1.21 bits per heavy atom. The summed E-state index contributed by atoms with van der Waals surface area (Å²) in [4.78, 5) is 0. The fourth-order valence-electron chi connectivity index (χ4n) is 3.15. The Bertz CT molecular complexity index is 532. The van der Waals surface area contributed by atoms with Crippen LogP contribution in [-0.4, -0.2) is 33.3 Å². The molecule has 0 spiro atoms. The molecule has 0 saturated heterocycles. The van der Waals surface area contributed by atoms with Crippen LogP contribution in [0.5, 0.6) is 11.5 Å². The molecule has 2 aromatic carbocycles. The van der Waals surface area contributed by atoms with Gasteiger partial charge in [0.15, 0.2) is 0 Å². The minimum atomic E-state index is -0.233. The average molecular weight is 359 g/mol. The van der Waals surface area contributed by atoms with E-state index in [1.807, 2.05) is 0 Å². The van der Waals surface area contributed by atoms with E-state index in [-0.39, 0.29) is 19.0 Å². The number of methoxy groups -OCH3 is 2. The largest absolute Gasteiger partial charge is 0.497 e. The molecular weight excluding hydrogens is 328 g/mol. The highest BCUT2D eigenvalue weighted by atomic mass is 28.3. The lowest BCUT2D eigenvalue weighted by atomic mass is 10.2. The summed E-state index contributed by atoms with van der Waals surface area (Å²) in [5.74, 6) is 1.92. The first-order valence-electron chi connectivity index (χ1n) is 9.01. The second-order valence-corrected chi connectivity index (χ2v) is 12.4. The predicted molar refractivity (Wildman–Crippen MR) is 110 cm³/mol. The molecule has 0 amide bonds. The van der Waals surface area contributed by atoms with Crippen LogP contribution in [0.3, 0.4) is 0 Å². The maximum absolute atomic E-state index is 5.28. The van der Waals surface area contributed by atoms with Crippen LogP contribution in [0.25, 0.3) is 0 Å². The van der Waals surface area contributed by atoms with Crippen molar-refractivity contribution < 1.29 is 9.47 Å². The number of hydrogen-bond donors (Lipinski definition) is 0. The summed E-state index contributed by atoms with van der Waals surface area (Å²) < 4.78 is 10.6. The molecule has 0 radical (unpaired) electrons. The lowest BCUT2D eigenvalue weighted by Gasteiger charge is -2.16. The Morgan fingerprint density at radius 1 is 0.750 bits per heavy atom. The zero-order valence-electron chi connectivity index (χ0n) is 15.3. The topological polar surface area (TPSA) is 18.5 Å². The summed E-state index contributed by atoms with van der Waals surface area (Å²) in [5, 5.41) is 4.09. The van der Waals surface area contributed by atoms with Gasteiger partial charge in [-0.2, -0.15) is 0 Å². The quantitative estimate of drug-likeness (QED) is 0.479. The molecule has 0 heterocycles. The van der Waals surface area contributed by atoms with E-state index < -0.39 is 0 Å². The van der Waals surface area contributed by atoms with Gasteiger partial charge in [0.1, 0.15) is 11.5 Å². The van der Waals surface area contributed by atoms with Gasteiger partial charge < -0.3 is 9.47 Å². The molecular formula is C20H30O2Si2. The van der Waals surface area contributed by atoms with Crippen LogP contribution in [0.4, 0.5) is 0 Å². The third-order valence-corrected chi connectivity index (χ3v) is 10.2. The van der Waals surface area contributed by atoms with Gasteiger partial charge in [-0.3, -0.25) is 0 Å². The summed E-state index contributed by atoms with van der Waals surface area (Å²) in [6, 6.07) is 17.6. The lowest BCUT2D eigenvalue weighted by Crippen LogP contribution is -2.29. The molecule has 2 nitrogen and oxygen atoms in total. The molecule has 0 N–H and O–H groups in total. The van der Waals surface area contributed by atoms with E-state index in [1.165, 1.54) is 25.7 Å². The molecule has 0 aliphatic rings. The van der Waals surface area contributed by atoms with Crippen molar-refractivity contribution in [2.24, 2.45) is 0 Å². The fraction of sp³-hybridized carbons (Fsp3) is 0.400. The first-order valence-corrected chi connectivity index (χ1v) is 12.1. The van der Waals surface area contributed by atoms with Crippen LogP contribution in [0, 0.1) is 0 Å². The van der Waals surface area contributed by atoms with Crippen molar-refractivity contribution in [3.05, 3.63) is 48.5 Å². The molecule has 2 aromatic rings. The molecule has 0 aromatic heterocycles. The molecule has 4 heteroatoms. The maximum atomic E-state index is 5.28. The van der Waals surface area contributed by atoms with Gasteiger partial charge in [0.2, 0.25) is 0 Å². The molecule has 2 rings (SSSR count). The third kappa shape index (κ3) is 6.17. The molecule has 24 heavy (non-hydrogen) atoms. The van der Waals surface area contributed by atoms with Gasteiger partial charge in [-0.05, 0) is 24.3 Å². The van der Waals surface area contributed by atoms with Gasteiger partial charge in [0.25, 0.3) is 0 Å². The van der Waals surface area contributed by atoms with E-state index in [0.29, 0.717) is 0 Å². The highest BCUT2D eigenvalue weighted by molar-refractivity contribution is 6.73. The lowest BCUT2D eigenvalue weighted by molar-refractivity contribution is 0.415. The zero-order chi connectivity index (χ0) is 17.2. The van der Waals surface area contributed by atoms with E-state index in [9.17, 15) is 0 Å². The van der Waals surface area contributed by atoms with E-state index in [4.69, 9.17) is 9.47 Å². The zero-order valence-corrected chi connectivity index (χ0v) is 18.1. The van der Waals surface area contributed by atoms with Crippen LogP contribution < -0.4 is 19.8 Å². The van der Waals surface area contributed by atoms with Gasteiger partial charge >= 0.3 is 0 Å². The molecule has 0 atom stereocenters. The number of unbranched alkanes of at least 4 members (excludes halogenated alkanes) is 2. The SMILES string of the molecule is CCCCCC([SiH2]c1ccc(OC)cc1)[SiH2]c1ccc(OC)cc1. The first kappa shape index (κ1) is 18.8. The smallest absolute Gasteiger partial charge is 0.118 e. The molecule has 0 aliphatic heterocycles. The fourth-order valence-corrected chi connectivity index (χ4v) is 9.06. The van der Waals surface area contributed by atoms with Crippen molar-refractivity contribution in [3.8, 4) is 11.5 Å². The van der Waals surface area contributed by atoms with Crippen LogP contribution in [0.1, 0.15) is 32.6 Å². The van der Waals surface area contributed by atoms with Gasteiger partial charge in [-0.15, -0.1) is 0 Å². The van der Waals surface area contributed by atoms with Gasteiger partial charge in [0.05, 0.1) is 33.3 Å². The summed E-state index contributed by atoms with van der Waals surface area (Å²) in [6.45, 7) is 2.29. The number of hydrogen-bond acceptors (Lipinski definition) is 2. The van der Waals surface area contributed by atoms with Crippen molar-refractivity contribution in [1.29, 1.82) is 0 Å². The second-order valence-electron chi connectivity index (χ2n) is 6.47. The Balaban J connectivity index is 2.01. The predicted octanol–water partition coefficient (Wildman–Crippen LogP) is 2.32. The van der Waals surface area contributed by atoms with E-state index in [1.54, 1.807) is 24.6 Å². The Morgan fingerprint density at radius 3 is 1.58 bits per heavy atom. The number of rotatable bonds is 10. The summed E-state index contributed by atoms with van der Waals surface area (Å²) in [5.41, 5.74) is 0. The van der Waals surface area contributed by atoms with Crippen molar-refractivity contribution in [2.75, 3.05) is 14.2 Å². The van der Waals surface area contributed by atoms with Gasteiger partial charge in [0, 0.05) is 0 Å². The second kappa shape index (κ2) is 10.4. The number of benzene rings is 2. The standard InChI is InChI=1S/C20H30O2Si2/c1-4-5-6-7-20(23-18-12-8-16(21-2)9-13-18)24-19-14-10-17(22-3)11-15-19/h8-15,20H,4-7,23-24H2,1-3H3. The highest BCUT2D eigenvalue weighted by Gasteiger charge is 2.13. The first-order chi connectivity index (χ1) is 11.7. The van der Waals surface area contributed by atoms with Gasteiger partial charge in [-0.1, -0.05) is 72.4 Å². The summed E-state index contributed by atoms with van der Waals surface area (Å²) >= 11 is 0. The molecule has 130 valence electrons. The Kier molecular flexibility index (Phi) is 8.12. The van der Waals surface area contributed by atoms with Crippen LogP contribution >= 0.6 is 0 Å². The van der Waals surface area contributed by atoms with Crippen LogP contribution in [-0.2, 0) is 0 Å². The molecule has 0 unspecified atom stereocenters. The summed E-state index contributed by atoms with van der Waals surface area (Å²) in [7, 11) is 3.00. The average Bonchev–Trinajstić information content (AvgIpc) is 2.63. The van der Waals surface area contributed by atoms with E-state index >= 15 is 0 Å². The van der Waals surface area contributed by atoms with Crippen LogP contribution in [0.2, 0.25) is 5.16 Å². The maximum Gasteiger partial charge on any atom is 0.118 e. The van der Waals surface area contributed by atoms with Crippen molar-refractivity contribution in [3.63, 3.8) is 0 Å². The molecule has 0 saturated carbocycles. The minimum Gasteiger partial charge on any atom is -0.497 e. The number of ether oxygens (including phenoxy) is 2. The molecule has 0 aliphatic carbocycles. The van der Waals surface area contributed by atoms with E-state index in [0.717, 1.165) is 16.7 Å². The third-order valence-electron chi connectivity index (χ3n) is 4.58. The molecule has 0 fully saturated rings. The monoisotopic (exact) mass is 358 g/mol. The van der Waals surface area contributed by atoms with Crippen molar-refractivity contribution >= 4 is 29.4 Å². The van der Waals surface area contributed by atoms with E-state index in [2.05, 4.69) is 55.5 Å². The normalized spacial score (nSPS) is 13.0.